The van der Waals surface area contributed by atoms with Gasteiger partial charge in [-0.3, -0.25) is 4.79 Å². The van der Waals surface area contributed by atoms with E-state index in [0.717, 1.165) is 0 Å². The molecule has 1 aromatic carbocycles. The number of benzene rings is 1. The molecule has 0 radical (unpaired) electrons. The Balaban J connectivity index is 1.93. The minimum atomic E-state index is -0.607. The highest BCUT2D eigenvalue weighted by Gasteiger charge is 2.26. The summed E-state index contributed by atoms with van der Waals surface area (Å²) in [7, 11) is 0. The summed E-state index contributed by atoms with van der Waals surface area (Å²) < 4.78 is 13.1. The summed E-state index contributed by atoms with van der Waals surface area (Å²) in [5.41, 5.74) is 0.488. The van der Waals surface area contributed by atoms with Crippen molar-refractivity contribution in [3.8, 4) is 0 Å². The SMILES string of the molecule is O=C1NCC(C(=O)NCc2cccc(F)c2Cl)N1. The largest absolute Gasteiger partial charge is 0.350 e. The highest BCUT2D eigenvalue weighted by molar-refractivity contribution is 6.31. The van der Waals surface area contributed by atoms with Gasteiger partial charge in [-0.1, -0.05) is 23.7 Å². The first-order valence-corrected chi connectivity index (χ1v) is 5.70. The Bertz CT molecular complexity index is 495. The molecule has 1 aromatic rings. The zero-order valence-electron chi connectivity index (χ0n) is 9.30. The fourth-order valence-electron chi connectivity index (χ4n) is 1.60. The minimum absolute atomic E-state index is 0.00798. The van der Waals surface area contributed by atoms with Gasteiger partial charge in [0.05, 0.1) is 5.02 Å². The third kappa shape index (κ3) is 2.70. The first-order chi connectivity index (χ1) is 8.58. The second-order valence-electron chi connectivity index (χ2n) is 3.84. The topological polar surface area (TPSA) is 70.2 Å². The van der Waals surface area contributed by atoms with E-state index in [2.05, 4.69) is 16.0 Å². The molecule has 0 aromatic heterocycles. The van der Waals surface area contributed by atoms with Crippen LogP contribution in [0, 0.1) is 5.82 Å². The number of hydrogen-bond donors (Lipinski definition) is 3. The molecular formula is C11H11ClFN3O2. The summed E-state index contributed by atoms with van der Waals surface area (Å²) in [6, 6.07) is 3.40. The van der Waals surface area contributed by atoms with Crippen molar-refractivity contribution >= 4 is 23.5 Å². The van der Waals surface area contributed by atoms with E-state index in [9.17, 15) is 14.0 Å². The monoisotopic (exact) mass is 271 g/mol. The van der Waals surface area contributed by atoms with Crippen LogP contribution in [0.15, 0.2) is 18.2 Å². The fourth-order valence-corrected chi connectivity index (χ4v) is 1.80. The summed E-state index contributed by atoms with van der Waals surface area (Å²) in [5.74, 6) is -0.868. The molecule has 5 nitrogen and oxygen atoms in total. The predicted molar refractivity (Wildman–Crippen MR) is 63.6 cm³/mol. The molecule has 1 atom stereocenters. The van der Waals surface area contributed by atoms with Crippen LogP contribution in [0.25, 0.3) is 0 Å². The van der Waals surface area contributed by atoms with Gasteiger partial charge in [-0.05, 0) is 11.6 Å². The Labute approximate surface area is 108 Å². The third-order valence-electron chi connectivity index (χ3n) is 2.57. The number of carbonyl (C=O) groups excluding carboxylic acids is 2. The number of rotatable bonds is 3. The first-order valence-electron chi connectivity index (χ1n) is 5.33. The lowest BCUT2D eigenvalue weighted by Gasteiger charge is -2.11. The molecule has 1 fully saturated rings. The van der Waals surface area contributed by atoms with Crippen LogP contribution >= 0.6 is 11.6 Å². The number of urea groups is 1. The molecule has 0 aliphatic carbocycles. The summed E-state index contributed by atoms with van der Waals surface area (Å²) in [4.78, 5) is 22.5. The number of amides is 3. The molecule has 96 valence electrons. The van der Waals surface area contributed by atoms with Gasteiger partial charge in [-0.15, -0.1) is 0 Å². The highest BCUT2D eigenvalue weighted by Crippen LogP contribution is 2.19. The van der Waals surface area contributed by atoms with E-state index >= 15 is 0 Å². The molecule has 3 amide bonds. The van der Waals surface area contributed by atoms with Crippen LogP contribution in [-0.4, -0.2) is 24.5 Å². The van der Waals surface area contributed by atoms with Gasteiger partial charge in [-0.25, -0.2) is 9.18 Å². The van der Waals surface area contributed by atoms with E-state index in [1.165, 1.54) is 12.1 Å². The fraction of sp³-hybridized carbons (Fsp3) is 0.273. The Morgan fingerprint density at radius 2 is 2.33 bits per heavy atom. The zero-order chi connectivity index (χ0) is 13.1. The Kier molecular flexibility index (Phi) is 3.66. The maximum atomic E-state index is 13.1. The van der Waals surface area contributed by atoms with Gasteiger partial charge in [-0.2, -0.15) is 0 Å². The standard InChI is InChI=1S/C11H11ClFN3O2/c12-9-6(2-1-3-7(9)13)4-14-10(17)8-5-15-11(18)16-8/h1-3,8H,4-5H2,(H,14,17)(H2,15,16,18). The molecular weight excluding hydrogens is 261 g/mol. The lowest BCUT2D eigenvalue weighted by molar-refractivity contribution is -0.122. The van der Waals surface area contributed by atoms with Gasteiger partial charge < -0.3 is 16.0 Å². The number of halogens is 2. The first kappa shape index (κ1) is 12.6. The Hall–Kier alpha value is -1.82. The number of nitrogens with one attached hydrogen (secondary N) is 3. The van der Waals surface area contributed by atoms with Crippen LogP contribution in [-0.2, 0) is 11.3 Å². The molecule has 1 heterocycles. The lowest BCUT2D eigenvalue weighted by atomic mass is 10.2. The second kappa shape index (κ2) is 5.22. The van der Waals surface area contributed by atoms with Crippen molar-refractivity contribution in [2.45, 2.75) is 12.6 Å². The van der Waals surface area contributed by atoms with E-state index < -0.39 is 11.9 Å². The molecule has 1 unspecified atom stereocenters. The molecule has 1 saturated heterocycles. The van der Waals surface area contributed by atoms with Gasteiger partial charge in [0.15, 0.2) is 0 Å². The van der Waals surface area contributed by atoms with Gasteiger partial charge in [0.2, 0.25) is 5.91 Å². The van der Waals surface area contributed by atoms with Crippen LogP contribution in [0.2, 0.25) is 5.02 Å². The summed E-state index contributed by atoms with van der Waals surface area (Å²) >= 11 is 5.75. The maximum absolute atomic E-state index is 13.1. The molecule has 1 aliphatic rings. The van der Waals surface area contributed by atoms with Gasteiger partial charge in [0, 0.05) is 13.1 Å². The Morgan fingerprint density at radius 1 is 1.56 bits per heavy atom. The zero-order valence-corrected chi connectivity index (χ0v) is 10.1. The summed E-state index contributed by atoms with van der Waals surface area (Å²) in [6.45, 7) is 0.351. The molecule has 0 spiro atoms. The van der Waals surface area contributed by atoms with E-state index in [4.69, 9.17) is 11.6 Å². The molecule has 18 heavy (non-hydrogen) atoms. The highest BCUT2D eigenvalue weighted by atomic mass is 35.5. The van der Waals surface area contributed by atoms with Gasteiger partial charge in [0.25, 0.3) is 0 Å². The van der Waals surface area contributed by atoms with Crippen molar-refractivity contribution in [3.05, 3.63) is 34.6 Å². The summed E-state index contributed by atoms with van der Waals surface area (Å²) in [5, 5.41) is 7.50. The van der Waals surface area contributed by atoms with E-state index in [1.54, 1.807) is 6.07 Å². The van der Waals surface area contributed by atoms with Crippen molar-refractivity contribution < 1.29 is 14.0 Å². The molecule has 1 aliphatic heterocycles. The minimum Gasteiger partial charge on any atom is -0.350 e. The van der Waals surface area contributed by atoms with Crippen LogP contribution < -0.4 is 16.0 Å². The molecule has 0 saturated carbocycles. The smallest absolute Gasteiger partial charge is 0.315 e. The average Bonchev–Trinajstić information content (AvgIpc) is 2.77. The molecule has 7 heteroatoms. The van der Waals surface area contributed by atoms with Crippen molar-refractivity contribution in [3.63, 3.8) is 0 Å². The third-order valence-corrected chi connectivity index (χ3v) is 3.00. The van der Waals surface area contributed by atoms with Crippen molar-refractivity contribution in [2.75, 3.05) is 6.54 Å². The van der Waals surface area contributed by atoms with E-state index in [-0.39, 0.29) is 30.1 Å². The quantitative estimate of drug-likeness (QED) is 0.760. The predicted octanol–water partition coefficient (Wildman–Crippen LogP) is 0.777. The van der Waals surface area contributed by atoms with Crippen molar-refractivity contribution in [1.29, 1.82) is 0 Å². The van der Waals surface area contributed by atoms with Crippen molar-refractivity contribution in [2.24, 2.45) is 0 Å². The van der Waals surface area contributed by atoms with Crippen LogP contribution in [0.4, 0.5) is 9.18 Å². The van der Waals surface area contributed by atoms with Gasteiger partial charge >= 0.3 is 6.03 Å². The second-order valence-corrected chi connectivity index (χ2v) is 4.22. The number of hydrogen-bond acceptors (Lipinski definition) is 2. The Morgan fingerprint density at radius 3 is 3.00 bits per heavy atom. The summed E-state index contributed by atoms with van der Waals surface area (Å²) in [6.07, 6.45) is 0. The molecule has 2 rings (SSSR count). The van der Waals surface area contributed by atoms with E-state index in [1.807, 2.05) is 0 Å². The normalized spacial score (nSPS) is 18.1. The van der Waals surface area contributed by atoms with Crippen LogP contribution in [0.1, 0.15) is 5.56 Å². The molecule has 0 bridgehead atoms. The van der Waals surface area contributed by atoms with Crippen LogP contribution in [0.3, 0.4) is 0 Å². The molecule has 3 N–H and O–H groups in total. The number of carbonyl (C=O) groups is 2. The lowest BCUT2D eigenvalue weighted by Crippen LogP contribution is -2.42. The van der Waals surface area contributed by atoms with Crippen molar-refractivity contribution in [1.82, 2.24) is 16.0 Å². The maximum Gasteiger partial charge on any atom is 0.315 e. The van der Waals surface area contributed by atoms with E-state index in [0.29, 0.717) is 5.56 Å². The van der Waals surface area contributed by atoms with Crippen LogP contribution in [0.5, 0.6) is 0 Å². The van der Waals surface area contributed by atoms with Gasteiger partial charge in [0.1, 0.15) is 11.9 Å². The average molecular weight is 272 g/mol.